The minimum atomic E-state index is 0.705. The highest BCUT2D eigenvalue weighted by Gasteiger charge is 2.12. The van der Waals surface area contributed by atoms with Crippen LogP contribution in [0.1, 0.15) is 28.1 Å². The molecule has 0 amide bonds. The van der Waals surface area contributed by atoms with E-state index >= 15 is 0 Å². The number of aromatic nitrogens is 2. The van der Waals surface area contributed by atoms with Crippen LogP contribution in [0.3, 0.4) is 0 Å². The number of rotatable bonds is 7. The zero-order valence-corrected chi connectivity index (χ0v) is 15.6. The molecule has 3 nitrogen and oxygen atoms in total. The largest absolute Gasteiger partial charge is 0.312 e. The quantitative estimate of drug-likeness (QED) is 0.632. The maximum absolute atomic E-state index is 6.28. The fraction of sp³-hybridized carbons (Fsp3) is 0.286. The summed E-state index contributed by atoms with van der Waals surface area (Å²) in [7, 11) is 0. The first kappa shape index (κ1) is 17.7. The van der Waals surface area contributed by atoms with Crippen LogP contribution in [0.4, 0.5) is 0 Å². The maximum Gasteiger partial charge on any atom is 0.0677 e. The van der Waals surface area contributed by atoms with Crippen molar-refractivity contribution in [2.75, 3.05) is 6.54 Å². The van der Waals surface area contributed by atoms with E-state index in [-0.39, 0.29) is 0 Å². The predicted octanol–water partition coefficient (Wildman–Crippen LogP) is 4.53. The lowest BCUT2D eigenvalue weighted by Crippen LogP contribution is -2.17. The molecule has 0 bridgehead atoms. The monoisotopic (exact) mass is 353 g/mol. The van der Waals surface area contributed by atoms with Crippen molar-refractivity contribution >= 4 is 11.6 Å². The highest BCUT2D eigenvalue weighted by Crippen LogP contribution is 2.19. The zero-order chi connectivity index (χ0) is 17.6. The molecule has 2 aromatic carbocycles. The smallest absolute Gasteiger partial charge is 0.0677 e. The van der Waals surface area contributed by atoms with Gasteiger partial charge in [0.2, 0.25) is 0 Å². The lowest BCUT2D eigenvalue weighted by molar-refractivity contribution is 0.652. The highest BCUT2D eigenvalue weighted by molar-refractivity contribution is 6.31. The van der Waals surface area contributed by atoms with Gasteiger partial charge in [0.05, 0.1) is 12.2 Å². The number of nitrogens with one attached hydrogen (secondary N) is 1. The van der Waals surface area contributed by atoms with Crippen molar-refractivity contribution in [3.8, 4) is 0 Å². The Kier molecular flexibility index (Phi) is 5.90. The van der Waals surface area contributed by atoms with E-state index in [4.69, 9.17) is 16.7 Å². The van der Waals surface area contributed by atoms with Crippen LogP contribution in [0.15, 0.2) is 54.6 Å². The minimum absolute atomic E-state index is 0.705. The number of benzene rings is 2. The Labute approximate surface area is 154 Å². The Morgan fingerprint density at radius 1 is 1.00 bits per heavy atom. The van der Waals surface area contributed by atoms with Gasteiger partial charge < -0.3 is 5.32 Å². The van der Waals surface area contributed by atoms with Gasteiger partial charge in [0.15, 0.2) is 0 Å². The highest BCUT2D eigenvalue weighted by atomic mass is 35.5. The number of hydrogen-bond acceptors (Lipinski definition) is 2. The van der Waals surface area contributed by atoms with Gasteiger partial charge in [-0.1, -0.05) is 60.1 Å². The molecule has 4 heteroatoms. The first-order chi connectivity index (χ1) is 12.1. The number of nitrogens with zero attached hydrogens (tertiary/aromatic N) is 2. The van der Waals surface area contributed by atoms with E-state index in [2.05, 4.69) is 55.6 Å². The molecule has 0 fully saturated rings. The Hall–Kier alpha value is -2.10. The second-order valence-corrected chi connectivity index (χ2v) is 6.72. The van der Waals surface area contributed by atoms with E-state index in [9.17, 15) is 0 Å². The van der Waals surface area contributed by atoms with Crippen LogP contribution in [0.2, 0.25) is 5.02 Å². The van der Waals surface area contributed by atoms with Gasteiger partial charge in [-0.25, -0.2) is 0 Å². The number of hydrogen-bond donors (Lipinski definition) is 1. The van der Waals surface area contributed by atoms with Gasteiger partial charge in [-0.05, 0) is 44.0 Å². The predicted molar refractivity (Wildman–Crippen MR) is 104 cm³/mol. The van der Waals surface area contributed by atoms with Crippen LogP contribution in [-0.4, -0.2) is 16.3 Å². The summed E-state index contributed by atoms with van der Waals surface area (Å²) in [6.07, 6.45) is 1.03. The van der Waals surface area contributed by atoms with E-state index in [0.717, 1.165) is 35.8 Å². The lowest BCUT2D eigenvalue weighted by atomic mass is 10.1. The lowest BCUT2D eigenvalue weighted by Gasteiger charge is -2.08. The van der Waals surface area contributed by atoms with Crippen LogP contribution < -0.4 is 5.32 Å². The minimum Gasteiger partial charge on any atom is -0.312 e. The summed E-state index contributed by atoms with van der Waals surface area (Å²) in [5.41, 5.74) is 6.01. The SMILES string of the molecule is Cc1nn(Cc2ccccc2Cl)c(C)c1CNCCc1ccccc1. The van der Waals surface area contributed by atoms with Crippen LogP contribution in [-0.2, 0) is 19.5 Å². The normalized spacial score (nSPS) is 11.0. The second kappa shape index (κ2) is 8.32. The third-order valence-corrected chi connectivity index (χ3v) is 4.91. The number of aryl methyl sites for hydroxylation is 1. The van der Waals surface area contributed by atoms with Crippen LogP contribution in [0.25, 0.3) is 0 Å². The van der Waals surface area contributed by atoms with E-state index in [1.165, 1.54) is 16.8 Å². The van der Waals surface area contributed by atoms with Gasteiger partial charge in [-0.3, -0.25) is 4.68 Å². The van der Waals surface area contributed by atoms with Crippen molar-refractivity contribution in [3.63, 3.8) is 0 Å². The van der Waals surface area contributed by atoms with Crippen molar-refractivity contribution in [2.45, 2.75) is 33.4 Å². The zero-order valence-electron chi connectivity index (χ0n) is 14.8. The van der Waals surface area contributed by atoms with Gasteiger partial charge >= 0.3 is 0 Å². The van der Waals surface area contributed by atoms with Crippen LogP contribution in [0.5, 0.6) is 0 Å². The summed E-state index contributed by atoms with van der Waals surface area (Å²) in [5.74, 6) is 0. The molecule has 0 spiro atoms. The van der Waals surface area contributed by atoms with Crippen LogP contribution >= 0.6 is 11.6 Å². The van der Waals surface area contributed by atoms with E-state index in [0.29, 0.717) is 6.54 Å². The molecule has 1 N–H and O–H groups in total. The summed E-state index contributed by atoms with van der Waals surface area (Å²) < 4.78 is 2.05. The fourth-order valence-corrected chi connectivity index (χ4v) is 3.22. The van der Waals surface area contributed by atoms with Crippen LogP contribution in [0, 0.1) is 13.8 Å². The molecule has 3 aromatic rings. The standard InChI is InChI=1S/C21H24ClN3/c1-16-20(14-23-13-12-18-8-4-3-5-9-18)17(2)25(24-16)15-19-10-6-7-11-21(19)22/h3-11,23H,12-15H2,1-2H3. The molecule has 1 aromatic heterocycles. The molecule has 0 saturated carbocycles. The summed E-state index contributed by atoms with van der Waals surface area (Å²) >= 11 is 6.28. The van der Waals surface area contributed by atoms with Gasteiger partial charge in [-0.15, -0.1) is 0 Å². The average Bonchev–Trinajstić information content (AvgIpc) is 2.88. The molecular weight excluding hydrogens is 330 g/mol. The van der Waals surface area contributed by atoms with Crippen molar-refractivity contribution in [3.05, 3.63) is 87.7 Å². The molecule has 25 heavy (non-hydrogen) atoms. The third-order valence-electron chi connectivity index (χ3n) is 4.54. The molecule has 130 valence electrons. The van der Waals surface area contributed by atoms with Gasteiger partial charge in [-0.2, -0.15) is 5.10 Å². The first-order valence-corrected chi connectivity index (χ1v) is 9.04. The van der Waals surface area contributed by atoms with E-state index in [1.54, 1.807) is 0 Å². The Morgan fingerprint density at radius 2 is 1.72 bits per heavy atom. The van der Waals surface area contributed by atoms with Crippen molar-refractivity contribution in [1.29, 1.82) is 0 Å². The van der Waals surface area contributed by atoms with Crippen molar-refractivity contribution in [1.82, 2.24) is 15.1 Å². The molecule has 0 saturated heterocycles. The topological polar surface area (TPSA) is 29.9 Å². The molecule has 0 aliphatic carbocycles. The Bertz CT molecular complexity index is 824. The molecule has 0 atom stereocenters. The Balaban J connectivity index is 1.61. The third kappa shape index (κ3) is 4.50. The molecular formula is C21H24ClN3. The first-order valence-electron chi connectivity index (χ1n) is 8.66. The summed E-state index contributed by atoms with van der Waals surface area (Å²) in [6, 6.07) is 18.5. The molecule has 0 aliphatic rings. The molecule has 1 heterocycles. The number of halogens is 1. The summed E-state index contributed by atoms with van der Waals surface area (Å²) in [5, 5.41) is 9.03. The Morgan fingerprint density at radius 3 is 2.48 bits per heavy atom. The second-order valence-electron chi connectivity index (χ2n) is 6.31. The van der Waals surface area contributed by atoms with Gasteiger partial charge in [0.1, 0.15) is 0 Å². The van der Waals surface area contributed by atoms with E-state index in [1.807, 2.05) is 22.9 Å². The van der Waals surface area contributed by atoms with Crippen molar-refractivity contribution in [2.24, 2.45) is 0 Å². The summed E-state index contributed by atoms with van der Waals surface area (Å²) in [4.78, 5) is 0. The maximum atomic E-state index is 6.28. The van der Waals surface area contributed by atoms with E-state index < -0.39 is 0 Å². The van der Waals surface area contributed by atoms with Crippen molar-refractivity contribution < 1.29 is 0 Å². The van der Waals surface area contributed by atoms with Gasteiger partial charge in [0, 0.05) is 22.8 Å². The van der Waals surface area contributed by atoms with Gasteiger partial charge in [0.25, 0.3) is 0 Å². The summed E-state index contributed by atoms with van der Waals surface area (Å²) in [6.45, 7) is 6.71. The molecule has 0 aliphatic heterocycles. The molecule has 0 radical (unpaired) electrons. The average molecular weight is 354 g/mol. The molecule has 0 unspecified atom stereocenters. The fourth-order valence-electron chi connectivity index (χ4n) is 3.02. The molecule has 3 rings (SSSR count).